The van der Waals surface area contributed by atoms with Gasteiger partial charge in [0.2, 0.25) is 0 Å². The van der Waals surface area contributed by atoms with E-state index in [9.17, 15) is 18.0 Å². The summed E-state index contributed by atoms with van der Waals surface area (Å²) < 4.78 is 47.3. The van der Waals surface area contributed by atoms with Gasteiger partial charge in [-0.25, -0.2) is 0 Å². The number of methoxy groups -OCH3 is 1. The molecular formula is C23H21F3N2O2. The van der Waals surface area contributed by atoms with E-state index in [0.717, 1.165) is 22.9 Å². The van der Waals surface area contributed by atoms with E-state index in [4.69, 9.17) is 4.74 Å². The molecule has 0 N–H and O–H groups in total. The zero-order valence-electron chi connectivity index (χ0n) is 16.6. The quantitative estimate of drug-likeness (QED) is 0.600. The summed E-state index contributed by atoms with van der Waals surface area (Å²) in [7, 11) is 1.18. The third-order valence-electron chi connectivity index (χ3n) is 5.53. The minimum atomic E-state index is -4.62. The van der Waals surface area contributed by atoms with Gasteiger partial charge in [-0.2, -0.15) is 13.2 Å². The molecule has 0 saturated carbocycles. The van der Waals surface area contributed by atoms with Crippen LogP contribution in [0.25, 0.3) is 0 Å². The number of halogens is 3. The number of nitrogens with zero attached hydrogens (tertiary/aromatic N) is 2. The van der Waals surface area contributed by atoms with Gasteiger partial charge >= 0.3 is 6.18 Å². The van der Waals surface area contributed by atoms with E-state index in [-0.39, 0.29) is 17.4 Å². The molecule has 1 aliphatic rings. The molecule has 0 unspecified atom stereocenters. The first-order valence-electron chi connectivity index (χ1n) is 9.58. The second kappa shape index (κ2) is 7.55. The predicted molar refractivity (Wildman–Crippen MR) is 106 cm³/mol. The molecule has 4 nitrogen and oxygen atoms in total. The van der Waals surface area contributed by atoms with Crippen LogP contribution in [0.2, 0.25) is 0 Å². The van der Waals surface area contributed by atoms with Crippen molar-refractivity contribution in [3.63, 3.8) is 0 Å². The van der Waals surface area contributed by atoms with Crippen molar-refractivity contribution in [1.82, 2.24) is 9.47 Å². The molecule has 1 aliphatic heterocycles. The lowest BCUT2D eigenvalue weighted by atomic mass is 9.95. The number of alkyl halides is 3. The summed E-state index contributed by atoms with van der Waals surface area (Å²) in [4.78, 5) is 15.1. The highest BCUT2D eigenvalue weighted by atomic mass is 19.4. The van der Waals surface area contributed by atoms with Crippen LogP contribution in [0.5, 0.6) is 5.75 Å². The van der Waals surface area contributed by atoms with E-state index in [1.54, 1.807) is 4.90 Å². The third kappa shape index (κ3) is 3.44. The molecule has 1 amide bonds. The van der Waals surface area contributed by atoms with Crippen molar-refractivity contribution in [3.05, 3.63) is 88.7 Å². The zero-order valence-corrected chi connectivity index (χ0v) is 16.6. The minimum absolute atomic E-state index is 0.0123. The van der Waals surface area contributed by atoms with E-state index < -0.39 is 17.6 Å². The van der Waals surface area contributed by atoms with Crippen LogP contribution < -0.4 is 4.74 Å². The Labute approximate surface area is 172 Å². The average molecular weight is 414 g/mol. The van der Waals surface area contributed by atoms with Crippen LogP contribution in [0.4, 0.5) is 13.2 Å². The van der Waals surface area contributed by atoms with E-state index >= 15 is 0 Å². The number of ether oxygens (including phenoxy) is 1. The average Bonchev–Trinajstić information content (AvgIpc) is 3.21. The number of aryl methyl sites for hydroxylation is 1. The van der Waals surface area contributed by atoms with Gasteiger partial charge in [0.1, 0.15) is 5.75 Å². The highest BCUT2D eigenvalue weighted by molar-refractivity contribution is 5.95. The molecule has 30 heavy (non-hydrogen) atoms. The molecule has 7 heteroatoms. The van der Waals surface area contributed by atoms with Gasteiger partial charge in [0.05, 0.1) is 18.7 Å². The standard InChI is InChI=1S/C23H21F3N2O2/c1-15-6-3-4-7-17(15)21-19-8-5-11-27(19)12-13-28(21)22(29)16-9-10-20(30-2)18(14-16)23(24,25)26/h3-11,14,21H,12-13H2,1-2H3/t21-/m1/s1. The molecule has 0 radical (unpaired) electrons. The maximum atomic E-state index is 13.5. The lowest BCUT2D eigenvalue weighted by molar-refractivity contribution is -0.138. The number of hydrogen-bond donors (Lipinski definition) is 0. The maximum Gasteiger partial charge on any atom is 0.419 e. The monoisotopic (exact) mass is 414 g/mol. The summed E-state index contributed by atoms with van der Waals surface area (Å²) in [6.07, 6.45) is -2.66. The fourth-order valence-electron chi connectivity index (χ4n) is 4.05. The molecule has 1 aromatic heterocycles. The molecule has 0 fully saturated rings. The van der Waals surface area contributed by atoms with Crippen LogP contribution in [-0.2, 0) is 12.7 Å². The predicted octanol–water partition coefficient (Wildman–Crippen LogP) is 5.07. The van der Waals surface area contributed by atoms with Gasteiger partial charge in [-0.05, 0) is 48.4 Å². The number of carbonyl (C=O) groups excluding carboxylic acids is 1. The highest BCUT2D eigenvalue weighted by Crippen LogP contribution is 2.39. The van der Waals surface area contributed by atoms with Crippen LogP contribution in [0.15, 0.2) is 60.8 Å². The van der Waals surface area contributed by atoms with Crippen molar-refractivity contribution in [2.45, 2.75) is 25.7 Å². The first kappa shape index (κ1) is 20.1. The maximum absolute atomic E-state index is 13.5. The Balaban J connectivity index is 1.79. The minimum Gasteiger partial charge on any atom is -0.496 e. The van der Waals surface area contributed by atoms with Gasteiger partial charge in [-0.3, -0.25) is 4.79 Å². The molecule has 0 aliphatic carbocycles. The number of carbonyl (C=O) groups is 1. The van der Waals surface area contributed by atoms with Gasteiger partial charge in [0.25, 0.3) is 5.91 Å². The lowest BCUT2D eigenvalue weighted by Gasteiger charge is -2.38. The topological polar surface area (TPSA) is 34.5 Å². The van der Waals surface area contributed by atoms with Crippen molar-refractivity contribution >= 4 is 5.91 Å². The molecule has 156 valence electrons. The summed E-state index contributed by atoms with van der Waals surface area (Å²) >= 11 is 0. The largest absolute Gasteiger partial charge is 0.496 e. The van der Waals surface area contributed by atoms with Gasteiger partial charge in [-0.1, -0.05) is 24.3 Å². The van der Waals surface area contributed by atoms with Crippen LogP contribution in [0.1, 0.15) is 38.8 Å². The Morgan fingerprint density at radius 1 is 1.07 bits per heavy atom. The number of amides is 1. The Bertz CT molecular complexity index is 1090. The van der Waals surface area contributed by atoms with E-state index in [1.807, 2.05) is 49.5 Å². The fraction of sp³-hybridized carbons (Fsp3) is 0.261. The number of aromatic nitrogens is 1. The molecule has 3 aromatic rings. The normalized spacial score (nSPS) is 16.3. The summed E-state index contributed by atoms with van der Waals surface area (Å²) in [5.74, 6) is -0.745. The zero-order chi connectivity index (χ0) is 21.5. The number of fused-ring (bicyclic) bond motifs is 1. The van der Waals surface area contributed by atoms with Crippen molar-refractivity contribution in [2.75, 3.05) is 13.7 Å². The van der Waals surface area contributed by atoms with Gasteiger partial charge in [-0.15, -0.1) is 0 Å². The van der Waals surface area contributed by atoms with E-state index in [1.165, 1.54) is 19.2 Å². The molecule has 2 heterocycles. The fourth-order valence-corrected chi connectivity index (χ4v) is 4.05. The summed E-state index contributed by atoms with van der Waals surface area (Å²) in [5, 5.41) is 0. The SMILES string of the molecule is COc1ccc(C(=O)N2CCn3cccc3[C@H]2c2ccccc2C)cc1C(F)(F)F. The van der Waals surface area contributed by atoms with Crippen molar-refractivity contribution in [1.29, 1.82) is 0 Å². The Morgan fingerprint density at radius 2 is 1.83 bits per heavy atom. The summed E-state index contributed by atoms with van der Waals surface area (Å²) in [5.41, 5.74) is 1.94. The van der Waals surface area contributed by atoms with Crippen LogP contribution in [-0.4, -0.2) is 29.0 Å². The van der Waals surface area contributed by atoms with Crippen molar-refractivity contribution in [2.24, 2.45) is 0 Å². The highest BCUT2D eigenvalue weighted by Gasteiger charge is 2.37. The molecule has 1 atom stereocenters. The van der Waals surface area contributed by atoms with Gasteiger partial charge in [0.15, 0.2) is 0 Å². The second-order valence-corrected chi connectivity index (χ2v) is 7.30. The third-order valence-corrected chi connectivity index (χ3v) is 5.53. The molecule has 2 aromatic carbocycles. The molecule has 0 saturated heterocycles. The second-order valence-electron chi connectivity index (χ2n) is 7.30. The Morgan fingerprint density at radius 3 is 2.53 bits per heavy atom. The van der Waals surface area contributed by atoms with Gasteiger partial charge < -0.3 is 14.2 Å². The molecule has 4 rings (SSSR count). The Hall–Kier alpha value is -3.22. The van der Waals surface area contributed by atoms with Crippen molar-refractivity contribution < 1.29 is 22.7 Å². The molecule has 0 bridgehead atoms. The number of benzene rings is 2. The van der Waals surface area contributed by atoms with Crippen LogP contribution in [0, 0.1) is 6.92 Å². The Kier molecular flexibility index (Phi) is 5.05. The van der Waals surface area contributed by atoms with Crippen molar-refractivity contribution in [3.8, 4) is 5.75 Å². The summed E-state index contributed by atoms with van der Waals surface area (Å²) in [6, 6.07) is 14.7. The first-order valence-corrected chi connectivity index (χ1v) is 9.58. The number of hydrogen-bond acceptors (Lipinski definition) is 2. The molecular weight excluding hydrogens is 393 g/mol. The van der Waals surface area contributed by atoms with E-state index in [2.05, 4.69) is 4.57 Å². The lowest BCUT2D eigenvalue weighted by Crippen LogP contribution is -2.42. The van der Waals surface area contributed by atoms with Crippen LogP contribution in [0.3, 0.4) is 0 Å². The first-order chi connectivity index (χ1) is 14.3. The molecule has 0 spiro atoms. The smallest absolute Gasteiger partial charge is 0.419 e. The van der Waals surface area contributed by atoms with Gasteiger partial charge in [0, 0.05) is 30.5 Å². The number of rotatable bonds is 3. The van der Waals surface area contributed by atoms with E-state index in [0.29, 0.717) is 13.1 Å². The van der Waals surface area contributed by atoms with Crippen LogP contribution >= 0.6 is 0 Å². The summed E-state index contributed by atoms with van der Waals surface area (Å²) in [6.45, 7) is 2.95.